The third-order valence-electron chi connectivity index (χ3n) is 5.24. The van der Waals surface area contributed by atoms with E-state index in [4.69, 9.17) is 20.2 Å². The molecule has 2 aromatic heterocycles. The quantitative estimate of drug-likeness (QED) is 0.469. The van der Waals surface area contributed by atoms with Gasteiger partial charge in [0.1, 0.15) is 20.4 Å². The van der Waals surface area contributed by atoms with Crippen molar-refractivity contribution in [2.24, 2.45) is 10.7 Å². The van der Waals surface area contributed by atoms with E-state index in [0.717, 1.165) is 27.8 Å². The highest BCUT2D eigenvalue weighted by molar-refractivity contribution is 6.83. The number of hydrogen-bond acceptors (Lipinski definition) is 6. The molecule has 5 rings (SSSR count). The van der Waals surface area contributed by atoms with Crippen LogP contribution in [0.5, 0.6) is 11.6 Å². The number of nitrogens with zero attached hydrogens (tertiary/aromatic N) is 3. The molecule has 1 aromatic carbocycles. The summed E-state index contributed by atoms with van der Waals surface area (Å²) in [6.07, 6.45) is 5.34. The maximum atomic E-state index is 6.16. The Kier molecular flexibility index (Phi) is 4.34. The Morgan fingerprint density at radius 2 is 1.94 bits per heavy atom. The van der Waals surface area contributed by atoms with Crippen molar-refractivity contribution < 1.29 is 9.47 Å². The first-order chi connectivity index (χ1) is 14.8. The van der Waals surface area contributed by atoms with Gasteiger partial charge in [0, 0.05) is 35.3 Å². The van der Waals surface area contributed by atoms with E-state index in [9.17, 15) is 0 Å². The van der Waals surface area contributed by atoms with Crippen molar-refractivity contribution in [2.45, 2.75) is 25.2 Å². The normalized spacial score (nSPS) is 18.7. The van der Waals surface area contributed by atoms with Crippen LogP contribution in [0.3, 0.4) is 0 Å². The predicted molar refractivity (Wildman–Crippen MR) is 123 cm³/mol. The summed E-state index contributed by atoms with van der Waals surface area (Å²) in [5.74, 6) is 4.47. The minimum Gasteiger partial charge on any atom is -0.462 e. The monoisotopic (exact) mass is 426 g/mol. The molecule has 2 aliphatic heterocycles. The minimum atomic E-state index is -1.53. The van der Waals surface area contributed by atoms with Crippen molar-refractivity contribution in [3.05, 3.63) is 71.7 Å². The second-order valence-corrected chi connectivity index (χ2v) is 13.5. The zero-order valence-electron chi connectivity index (χ0n) is 17.6. The highest BCUT2D eigenvalue weighted by Crippen LogP contribution is 2.51. The Hall–Kier alpha value is -3.63. The lowest BCUT2D eigenvalue weighted by Gasteiger charge is -2.33. The standard InChI is InChI=1S/C24H22N4O2Si/c1-31(2,3)10-8-16-11-20-22(27-13-16)30-21-7-6-17(18-5-4-9-26-14-18)12-19(21)24(20)15-29-23(25)28-24/h4-7,9,11-14H,15H2,1-3H3,(H2,25,28)/t24-/m0/s1. The summed E-state index contributed by atoms with van der Waals surface area (Å²) in [6.45, 7) is 6.92. The molecule has 0 radical (unpaired) electrons. The van der Waals surface area contributed by atoms with Crippen molar-refractivity contribution in [3.8, 4) is 34.2 Å². The van der Waals surface area contributed by atoms with Gasteiger partial charge in [-0.05, 0) is 29.8 Å². The van der Waals surface area contributed by atoms with Gasteiger partial charge in [-0.2, -0.15) is 0 Å². The van der Waals surface area contributed by atoms with Gasteiger partial charge in [-0.15, -0.1) is 5.54 Å². The van der Waals surface area contributed by atoms with Gasteiger partial charge >= 0.3 is 0 Å². The van der Waals surface area contributed by atoms with Crippen LogP contribution in [0.15, 0.2) is 60.0 Å². The van der Waals surface area contributed by atoms with Crippen LogP contribution < -0.4 is 10.5 Å². The van der Waals surface area contributed by atoms with Crippen LogP contribution in [0.2, 0.25) is 19.6 Å². The highest BCUT2D eigenvalue weighted by Gasteiger charge is 2.47. The van der Waals surface area contributed by atoms with Crippen molar-refractivity contribution in [1.29, 1.82) is 0 Å². The van der Waals surface area contributed by atoms with E-state index in [1.54, 1.807) is 12.4 Å². The number of pyridine rings is 2. The Balaban J connectivity index is 1.69. The summed E-state index contributed by atoms with van der Waals surface area (Å²) >= 11 is 0. The van der Waals surface area contributed by atoms with Crippen LogP contribution in [-0.4, -0.2) is 30.7 Å². The van der Waals surface area contributed by atoms with Crippen LogP contribution in [0, 0.1) is 11.5 Å². The molecular weight excluding hydrogens is 404 g/mol. The van der Waals surface area contributed by atoms with Crippen molar-refractivity contribution in [3.63, 3.8) is 0 Å². The number of nitrogens with two attached hydrogens (primary N) is 1. The molecule has 0 fully saturated rings. The average molecular weight is 427 g/mol. The molecular formula is C24H22N4O2Si. The van der Waals surface area contributed by atoms with Crippen LogP contribution >= 0.6 is 0 Å². The molecule has 4 heterocycles. The SMILES string of the molecule is C[Si](C)(C)C#Cc1cnc2c(c1)[C@]1(COC(N)=N1)c1cc(-c3cccnc3)ccc1O2. The van der Waals surface area contributed by atoms with Gasteiger partial charge in [-0.1, -0.05) is 37.7 Å². The number of hydrogen-bond donors (Lipinski definition) is 1. The van der Waals surface area contributed by atoms with E-state index in [1.165, 1.54) is 0 Å². The Morgan fingerprint density at radius 1 is 1.06 bits per heavy atom. The van der Waals surface area contributed by atoms with Crippen molar-refractivity contribution >= 4 is 14.1 Å². The van der Waals surface area contributed by atoms with Gasteiger partial charge in [0.15, 0.2) is 5.54 Å². The lowest BCUT2D eigenvalue weighted by molar-refractivity contribution is 0.262. The van der Waals surface area contributed by atoms with Gasteiger partial charge in [0.05, 0.1) is 5.56 Å². The molecule has 7 heteroatoms. The lowest BCUT2D eigenvalue weighted by Crippen LogP contribution is -2.31. The predicted octanol–water partition coefficient (Wildman–Crippen LogP) is 4.07. The van der Waals surface area contributed by atoms with E-state index < -0.39 is 13.6 Å². The van der Waals surface area contributed by atoms with Crippen LogP contribution in [-0.2, 0) is 10.3 Å². The largest absolute Gasteiger partial charge is 0.462 e. The number of aromatic nitrogens is 2. The van der Waals surface area contributed by atoms with Gasteiger partial charge in [-0.3, -0.25) is 4.98 Å². The second kappa shape index (κ2) is 6.96. The van der Waals surface area contributed by atoms with Gasteiger partial charge < -0.3 is 15.2 Å². The van der Waals surface area contributed by atoms with Crippen LogP contribution in [0.25, 0.3) is 11.1 Å². The maximum absolute atomic E-state index is 6.16. The molecule has 6 nitrogen and oxygen atoms in total. The number of aliphatic imine (C=N–C) groups is 1. The fraction of sp³-hybridized carbons (Fsp3) is 0.208. The molecule has 0 bridgehead atoms. The number of rotatable bonds is 1. The molecule has 1 spiro atoms. The third kappa shape index (κ3) is 3.45. The summed E-state index contributed by atoms with van der Waals surface area (Å²) < 4.78 is 11.8. The molecule has 0 amide bonds. The molecule has 1 atom stereocenters. The Bertz CT molecular complexity index is 1270. The average Bonchev–Trinajstić information content (AvgIpc) is 3.15. The zero-order chi connectivity index (χ0) is 21.6. The van der Waals surface area contributed by atoms with E-state index in [1.807, 2.05) is 36.5 Å². The Labute approximate surface area is 182 Å². The zero-order valence-corrected chi connectivity index (χ0v) is 18.6. The van der Waals surface area contributed by atoms with Crippen molar-refractivity contribution in [1.82, 2.24) is 9.97 Å². The summed E-state index contributed by atoms with van der Waals surface area (Å²) in [5, 5.41) is 0. The molecule has 0 saturated heterocycles. The highest BCUT2D eigenvalue weighted by atomic mass is 28.3. The first-order valence-electron chi connectivity index (χ1n) is 10.1. The fourth-order valence-electron chi connectivity index (χ4n) is 3.77. The topological polar surface area (TPSA) is 82.6 Å². The van der Waals surface area contributed by atoms with Gasteiger partial charge in [0.2, 0.25) is 5.88 Å². The van der Waals surface area contributed by atoms with Crippen LogP contribution in [0.4, 0.5) is 0 Å². The fourth-order valence-corrected chi connectivity index (χ4v) is 4.29. The smallest absolute Gasteiger partial charge is 0.283 e. The molecule has 0 aliphatic carbocycles. The molecule has 0 unspecified atom stereocenters. The summed E-state index contributed by atoms with van der Waals surface area (Å²) in [5.41, 5.74) is 13.1. The number of benzene rings is 1. The van der Waals surface area contributed by atoms with E-state index >= 15 is 0 Å². The van der Waals surface area contributed by atoms with Crippen LogP contribution in [0.1, 0.15) is 16.7 Å². The van der Waals surface area contributed by atoms with E-state index in [2.05, 4.69) is 47.1 Å². The lowest BCUT2D eigenvalue weighted by atomic mass is 9.81. The first kappa shape index (κ1) is 19.3. The number of amidine groups is 1. The van der Waals surface area contributed by atoms with Gasteiger partial charge in [0.25, 0.3) is 6.02 Å². The molecule has 2 aliphatic rings. The summed E-state index contributed by atoms with van der Waals surface area (Å²) in [4.78, 5) is 13.5. The van der Waals surface area contributed by atoms with Crippen molar-refractivity contribution in [2.75, 3.05) is 6.61 Å². The van der Waals surface area contributed by atoms with Gasteiger partial charge in [-0.25, -0.2) is 9.98 Å². The number of fused-ring (bicyclic) bond motifs is 4. The first-order valence-corrected chi connectivity index (χ1v) is 13.6. The molecule has 0 saturated carbocycles. The Morgan fingerprint density at radius 3 is 2.65 bits per heavy atom. The molecule has 31 heavy (non-hydrogen) atoms. The molecule has 154 valence electrons. The minimum absolute atomic E-state index is 0.157. The van der Waals surface area contributed by atoms with E-state index in [0.29, 0.717) is 11.6 Å². The second-order valence-electron chi connectivity index (χ2n) is 8.73. The van der Waals surface area contributed by atoms with E-state index in [-0.39, 0.29) is 12.6 Å². The summed E-state index contributed by atoms with van der Waals surface area (Å²) in [6, 6.07) is 12.1. The molecule has 3 aromatic rings. The summed E-state index contributed by atoms with van der Waals surface area (Å²) in [7, 11) is -1.53. The molecule has 2 N–H and O–H groups in total. The maximum Gasteiger partial charge on any atom is 0.283 e. The number of ether oxygens (including phenoxy) is 2. The third-order valence-corrected chi connectivity index (χ3v) is 6.11.